The largest absolute Gasteiger partial charge is 0.461 e. The molecule has 0 bridgehead atoms. The van der Waals surface area contributed by atoms with Gasteiger partial charge in [-0.25, -0.2) is 0 Å². The van der Waals surface area contributed by atoms with E-state index in [-0.39, 0.29) is 34.9 Å². The predicted molar refractivity (Wildman–Crippen MR) is 99.3 cm³/mol. The SMILES string of the molecule is CC(=O)O[C@@H](C)C1(C)C=CC2C(C)(CCC3C(=O)C(C)CCC32C)C1=O. The van der Waals surface area contributed by atoms with Gasteiger partial charge in [-0.2, -0.15) is 0 Å². The van der Waals surface area contributed by atoms with Crippen molar-refractivity contribution in [3.63, 3.8) is 0 Å². The van der Waals surface area contributed by atoms with E-state index in [9.17, 15) is 14.4 Å². The number of Topliss-reactive ketones (excluding diaryl/α,β-unsaturated/α-hetero) is 2. The van der Waals surface area contributed by atoms with Gasteiger partial charge in [0.05, 0.1) is 5.41 Å². The zero-order valence-electron chi connectivity index (χ0n) is 16.9. The number of carbonyl (C=O) groups is 3. The van der Waals surface area contributed by atoms with Crippen molar-refractivity contribution >= 4 is 17.5 Å². The van der Waals surface area contributed by atoms with E-state index in [1.807, 2.05) is 19.9 Å². The first-order valence-corrected chi connectivity index (χ1v) is 9.92. The second kappa shape index (κ2) is 6.03. The van der Waals surface area contributed by atoms with Crippen molar-refractivity contribution in [3.05, 3.63) is 12.2 Å². The molecule has 0 amide bonds. The number of hydrogen-bond acceptors (Lipinski definition) is 4. The smallest absolute Gasteiger partial charge is 0.302 e. The van der Waals surface area contributed by atoms with Gasteiger partial charge < -0.3 is 4.74 Å². The molecule has 0 N–H and O–H groups in total. The van der Waals surface area contributed by atoms with Crippen molar-refractivity contribution in [1.29, 1.82) is 0 Å². The minimum atomic E-state index is -0.813. The lowest BCUT2D eigenvalue weighted by Crippen LogP contribution is -2.61. The molecule has 0 aromatic carbocycles. The van der Waals surface area contributed by atoms with Crippen LogP contribution in [-0.2, 0) is 19.1 Å². The first kappa shape index (κ1) is 19.3. The maximum atomic E-state index is 13.7. The standard InChI is InChI=1S/C22H32O4/c1-13-7-10-21(5)16(18(13)24)8-11-22(6)17(21)9-12-20(4,19(22)25)14(2)26-15(3)23/h9,12-14,16-17H,7-8,10-11H2,1-6H3/t13?,14-,16?,17?,20?,21?,22?/m0/s1. The van der Waals surface area contributed by atoms with E-state index in [0.717, 1.165) is 25.7 Å². The number of ketones is 2. The highest BCUT2D eigenvalue weighted by molar-refractivity contribution is 5.95. The van der Waals surface area contributed by atoms with Gasteiger partial charge in [-0.3, -0.25) is 14.4 Å². The highest BCUT2D eigenvalue weighted by atomic mass is 16.5. The molecule has 26 heavy (non-hydrogen) atoms. The van der Waals surface area contributed by atoms with E-state index in [4.69, 9.17) is 4.74 Å². The number of rotatable bonds is 2. The molecule has 2 fully saturated rings. The molecule has 0 radical (unpaired) electrons. The van der Waals surface area contributed by atoms with Gasteiger partial charge in [0.25, 0.3) is 0 Å². The molecule has 3 aliphatic carbocycles. The van der Waals surface area contributed by atoms with Crippen LogP contribution in [0.15, 0.2) is 12.2 Å². The average Bonchev–Trinajstić information content (AvgIpc) is 2.55. The van der Waals surface area contributed by atoms with Crippen LogP contribution < -0.4 is 0 Å². The summed E-state index contributed by atoms with van der Waals surface area (Å²) in [5.74, 6) is 0.414. The Bertz CT molecular complexity index is 680. The van der Waals surface area contributed by atoms with Crippen LogP contribution >= 0.6 is 0 Å². The molecule has 3 aliphatic rings. The Morgan fingerprint density at radius 1 is 1.19 bits per heavy atom. The second-order valence-electron chi connectivity index (χ2n) is 9.56. The molecule has 0 heterocycles. The average molecular weight is 360 g/mol. The van der Waals surface area contributed by atoms with Gasteiger partial charge in [-0.15, -0.1) is 0 Å². The van der Waals surface area contributed by atoms with Crippen molar-refractivity contribution in [2.24, 2.45) is 34.0 Å². The Morgan fingerprint density at radius 3 is 2.46 bits per heavy atom. The quantitative estimate of drug-likeness (QED) is 0.549. The molecule has 3 rings (SSSR count). The van der Waals surface area contributed by atoms with Crippen molar-refractivity contribution in [2.75, 3.05) is 0 Å². The van der Waals surface area contributed by atoms with E-state index in [1.54, 1.807) is 6.92 Å². The first-order valence-electron chi connectivity index (χ1n) is 9.92. The lowest BCUT2D eigenvalue weighted by atomic mass is 9.43. The minimum absolute atomic E-state index is 0.0528. The van der Waals surface area contributed by atoms with Crippen LogP contribution in [0, 0.1) is 34.0 Å². The van der Waals surface area contributed by atoms with Crippen LogP contribution in [0.1, 0.15) is 67.2 Å². The summed E-state index contributed by atoms with van der Waals surface area (Å²) in [6, 6.07) is 0. The number of fused-ring (bicyclic) bond motifs is 3. The van der Waals surface area contributed by atoms with Gasteiger partial charge in [-0.1, -0.05) is 32.9 Å². The molecule has 6 unspecified atom stereocenters. The predicted octanol–water partition coefficient (Wildman–Crippen LogP) is 4.12. The molecule has 0 saturated heterocycles. The van der Waals surface area contributed by atoms with Crippen LogP contribution in [0.2, 0.25) is 0 Å². The monoisotopic (exact) mass is 360 g/mol. The zero-order chi connectivity index (χ0) is 19.5. The van der Waals surface area contributed by atoms with Crippen LogP contribution in [0.5, 0.6) is 0 Å². The van der Waals surface area contributed by atoms with Crippen molar-refractivity contribution < 1.29 is 19.1 Å². The lowest BCUT2D eigenvalue weighted by Gasteiger charge is -2.59. The fourth-order valence-electron chi connectivity index (χ4n) is 6.05. The zero-order valence-corrected chi connectivity index (χ0v) is 16.9. The van der Waals surface area contributed by atoms with Gasteiger partial charge in [0.1, 0.15) is 11.9 Å². The van der Waals surface area contributed by atoms with Crippen molar-refractivity contribution in [3.8, 4) is 0 Å². The van der Waals surface area contributed by atoms with E-state index in [0.29, 0.717) is 5.78 Å². The number of hydrogen-bond donors (Lipinski definition) is 0. The van der Waals surface area contributed by atoms with Crippen molar-refractivity contribution in [2.45, 2.75) is 73.3 Å². The number of esters is 1. The highest BCUT2D eigenvalue weighted by Gasteiger charge is 2.63. The third kappa shape index (κ3) is 2.51. The third-order valence-electron chi connectivity index (χ3n) is 7.92. The summed E-state index contributed by atoms with van der Waals surface area (Å²) in [5.41, 5.74) is -1.48. The fraction of sp³-hybridized carbons (Fsp3) is 0.773. The Balaban J connectivity index is 2.01. The van der Waals surface area contributed by atoms with Gasteiger partial charge in [0.15, 0.2) is 5.78 Å². The highest BCUT2D eigenvalue weighted by Crippen LogP contribution is 2.63. The van der Waals surface area contributed by atoms with Crippen LogP contribution in [0.3, 0.4) is 0 Å². The summed E-state index contributed by atoms with van der Waals surface area (Å²) in [7, 11) is 0. The summed E-state index contributed by atoms with van der Waals surface area (Å²) in [5, 5.41) is 0. The van der Waals surface area contributed by atoms with Crippen LogP contribution in [0.25, 0.3) is 0 Å². The Kier molecular flexibility index (Phi) is 4.48. The summed E-state index contributed by atoms with van der Waals surface area (Å²) < 4.78 is 5.39. The van der Waals surface area contributed by atoms with Gasteiger partial charge in [0.2, 0.25) is 0 Å². The third-order valence-corrected chi connectivity index (χ3v) is 7.92. The molecule has 0 aromatic heterocycles. The molecule has 0 aromatic rings. The Hall–Kier alpha value is -1.45. The summed E-state index contributed by atoms with van der Waals surface area (Å²) in [4.78, 5) is 37.9. The maximum Gasteiger partial charge on any atom is 0.302 e. The molecular weight excluding hydrogens is 328 g/mol. The Labute approximate surface area is 156 Å². The molecule has 4 nitrogen and oxygen atoms in total. The number of carbonyl (C=O) groups excluding carboxylic acids is 3. The van der Waals surface area contributed by atoms with E-state index in [1.165, 1.54) is 6.92 Å². The lowest BCUT2D eigenvalue weighted by molar-refractivity contribution is -0.168. The number of ether oxygens (including phenoxy) is 1. The van der Waals surface area contributed by atoms with Crippen molar-refractivity contribution in [1.82, 2.24) is 0 Å². The topological polar surface area (TPSA) is 60.4 Å². The first-order chi connectivity index (χ1) is 12.0. The van der Waals surface area contributed by atoms with E-state index in [2.05, 4.69) is 19.9 Å². The van der Waals surface area contributed by atoms with E-state index < -0.39 is 16.9 Å². The fourth-order valence-corrected chi connectivity index (χ4v) is 6.05. The summed E-state index contributed by atoms with van der Waals surface area (Å²) >= 11 is 0. The number of allylic oxidation sites excluding steroid dienone is 1. The van der Waals surface area contributed by atoms with Gasteiger partial charge in [-0.05, 0) is 50.9 Å². The molecule has 144 valence electrons. The molecule has 0 spiro atoms. The van der Waals surface area contributed by atoms with Crippen LogP contribution in [-0.4, -0.2) is 23.6 Å². The minimum Gasteiger partial charge on any atom is -0.461 e. The summed E-state index contributed by atoms with van der Waals surface area (Å²) in [6.45, 7) is 11.4. The Morgan fingerprint density at radius 2 is 1.85 bits per heavy atom. The normalized spacial score (nSPS) is 46.3. The maximum absolute atomic E-state index is 13.7. The van der Waals surface area contributed by atoms with Gasteiger partial charge >= 0.3 is 5.97 Å². The molecular formula is C22H32O4. The molecule has 0 aliphatic heterocycles. The molecule has 2 saturated carbocycles. The summed E-state index contributed by atoms with van der Waals surface area (Å²) in [6.07, 6.45) is 7.01. The molecule has 4 heteroatoms. The van der Waals surface area contributed by atoms with Crippen LogP contribution in [0.4, 0.5) is 0 Å². The second-order valence-corrected chi connectivity index (χ2v) is 9.56. The van der Waals surface area contributed by atoms with E-state index >= 15 is 0 Å². The molecule has 7 atom stereocenters. The van der Waals surface area contributed by atoms with Gasteiger partial charge in [0, 0.05) is 24.2 Å².